The van der Waals surface area contributed by atoms with Gasteiger partial charge in [-0.05, 0) is 30.5 Å². The summed E-state index contributed by atoms with van der Waals surface area (Å²) in [6.07, 6.45) is 0.370. The lowest BCUT2D eigenvalue weighted by molar-refractivity contribution is -0.153. The van der Waals surface area contributed by atoms with Crippen LogP contribution in [0.3, 0.4) is 0 Å². The fourth-order valence-electron chi connectivity index (χ4n) is 4.66. The zero-order valence-electron chi connectivity index (χ0n) is 22.0. The van der Waals surface area contributed by atoms with Gasteiger partial charge < -0.3 is 40.5 Å². The second-order valence-corrected chi connectivity index (χ2v) is 9.89. The summed E-state index contributed by atoms with van der Waals surface area (Å²) in [4.78, 5) is 65.1. The standard InChI is InChI=1S/C25H25BClFN4O10/c1-2-7-31-8-9-32(23(37)22(31)36)25(40)30-18(12-4-6-14(33)19(34)17(12)27)21(35)29-15-10-11-3-5-13(28)16(24(38)39)20(11)42-26(15)41/h3-6,15,18,33-34,41H,2,7-10H2,1H3,(H,29,35)(H,30,40)(H,38,39)/t15-,18?/m0/s1. The Balaban J connectivity index is 1.61. The predicted octanol–water partition coefficient (Wildman–Crippen LogP) is 0.560. The highest BCUT2D eigenvalue weighted by molar-refractivity contribution is 6.47. The monoisotopic (exact) mass is 606 g/mol. The molecule has 222 valence electrons. The van der Waals surface area contributed by atoms with Crippen molar-refractivity contribution < 1.29 is 53.4 Å². The van der Waals surface area contributed by atoms with Crippen LogP contribution in [0.15, 0.2) is 24.3 Å². The highest BCUT2D eigenvalue weighted by Crippen LogP contribution is 2.38. The third kappa shape index (κ3) is 5.76. The molecule has 42 heavy (non-hydrogen) atoms. The van der Waals surface area contributed by atoms with E-state index in [2.05, 4.69) is 10.6 Å². The highest BCUT2D eigenvalue weighted by atomic mass is 35.5. The first-order chi connectivity index (χ1) is 19.8. The second kappa shape index (κ2) is 12.1. The lowest BCUT2D eigenvalue weighted by Gasteiger charge is -2.34. The van der Waals surface area contributed by atoms with Gasteiger partial charge in [-0.2, -0.15) is 0 Å². The van der Waals surface area contributed by atoms with Crippen LogP contribution in [0.2, 0.25) is 5.02 Å². The van der Waals surface area contributed by atoms with Crippen molar-refractivity contribution in [2.45, 2.75) is 31.7 Å². The summed E-state index contributed by atoms with van der Waals surface area (Å²) in [6.45, 7) is 2.01. The number of carbonyl (C=O) groups excluding carboxylic acids is 4. The third-order valence-electron chi connectivity index (χ3n) is 6.77. The Bertz CT molecular complexity index is 1480. The molecule has 17 heteroatoms. The zero-order chi connectivity index (χ0) is 30.9. The van der Waals surface area contributed by atoms with Gasteiger partial charge in [0.05, 0.1) is 11.0 Å². The second-order valence-electron chi connectivity index (χ2n) is 9.51. The normalized spacial score (nSPS) is 17.3. The van der Waals surface area contributed by atoms with Crippen LogP contribution in [0.1, 0.15) is 40.9 Å². The van der Waals surface area contributed by atoms with Gasteiger partial charge in [-0.25, -0.2) is 14.0 Å². The Morgan fingerprint density at radius 2 is 1.88 bits per heavy atom. The molecule has 14 nitrogen and oxygen atoms in total. The maximum atomic E-state index is 14.1. The SMILES string of the molecule is CCCN1CCN(C(=O)NC(C(=O)N[C@H]2Cc3ccc(F)c(C(=O)O)c3OB2O)c2ccc(O)c(O)c2Cl)C(=O)C1=O. The third-order valence-corrected chi connectivity index (χ3v) is 7.16. The molecule has 5 amide bonds. The van der Waals surface area contributed by atoms with Gasteiger partial charge >= 0.3 is 30.9 Å². The number of phenolic OH excluding ortho intramolecular Hbond substituents is 2. The summed E-state index contributed by atoms with van der Waals surface area (Å²) in [5.41, 5.74) is -0.867. The number of hydrogen-bond acceptors (Lipinski definition) is 9. The first kappa shape index (κ1) is 30.4. The molecule has 0 aromatic heterocycles. The average molecular weight is 607 g/mol. The minimum absolute atomic E-state index is 0.0629. The summed E-state index contributed by atoms with van der Waals surface area (Å²) in [5.74, 6) is -8.89. The summed E-state index contributed by atoms with van der Waals surface area (Å²) >= 11 is 6.16. The van der Waals surface area contributed by atoms with E-state index in [4.69, 9.17) is 16.3 Å². The Morgan fingerprint density at radius 1 is 1.17 bits per heavy atom. The van der Waals surface area contributed by atoms with Crippen molar-refractivity contribution in [3.8, 4) is 17.2 Å². The number of carbonyl (C=O) groups is 5. The molecule has 1 unspecified atom stereocenters. The quantitative estimate of drug-likeness (QED) is 0.147. The lowest BCUT2D eigenvalue weighted by Crippen LogP contribution is -2.60. The van der Waals surface area contributed by atoms with E-state index in [0.29, 0.717) is 17.9 Å². The molecule has 0 bridgehead atoms. The van der Waals surface area contributed by atoms with Gasteiger partial charge in [-0.3, -0.25) is 19.3 Å². The van der Waals surface area contributed by atoms with Crippen molar-refractivity contribution in [3.05, 3.63) is 51.8 Å². The number of piperazine rings is 1. The minimum Gasteiger partial charge on any atom is -0.534 e. The van der Waals surface area contributed by atoms with Crippen LogP contribution >= 0.6 is 11.6 Å². The van der Waals surface area contributed by atoms with Crippen molar-refractivity contribution in [2.24, 2.45) is 0 Å². The van der Waals surface area contributed by atoms with E-state index in [9.17, 15) is 48.7 Å². The van der Waals surface area contributed by atoms with Crippen molar-refractivity contribution >= 4 is 48.4 Å². The van der Waals surface area contributed by atoms with E-state index < -0.39 is 82.5 Å². The first-order valence-electron chi connectivity index (χ1n) is 12.7. The first-order valence-corrected chi connectivity index (χ1v) is 13.0. The molecule has 4 rings (SSSR count). The van der Waals surface area contributed by atoms with Gasteiger partial charge in [0.15, 0.2) is 11.5 Å². The molecule has 0 spiro atoms. The summed E-state index contributed by atoms with van der Waals surface area (Å²) in [5, 5.41) is 44.0. The fourth-order valence-corrected chi connectivity index (χ4v) is 4.92. The Kier molecular flexibility index (Phi) is 8.77. The van der Waals surface area contributed by atoms with Crippen molar-refractivity contribution in [1.82, 2.24) is 20.4 Å². The summed E-state index contributed by atoms with van der Waals surface area (Å²) in [6, 6.07) is 1.35. The molecule has 1 fully saturated rings. The van der Waals surface area contributed by atoms with Gasteiger partial charge in [0, 0.05) is 25.2 Å². The number of urea groups is 1. The number of hydrogen-bond donors (Lipinski definition) is 6. The molecule has 6 N–H and O–H groups in total. The maximum Gasteiger partial charge on any atom is 0.547 e. The number of carboxylic acid groups (broad SMARTS) is 1. The molecule has 2 aromatic rings. The van der Waals surface area contributed by atoms with Crippen molar-refractivity contribution in [1.29, 1.82) is 0 Å². The van der Waals surface area contributed by atoms with E-state index in [1.807, 2.05) is 6.92 Å². The average Bonchev–Trinajstić information content (AvgIpc) is 2.93. The van der Waals surface area contributed by atoms with Gasteiger partial charge in [-0.1, -0.05) is 30.7 Å². The zero-order valence-corrected chi connectivity index (χ0v) is 22.7. The molecule has 2 atom stereocenters. The predicted molar refractivity (Wildman–Crippen MR) is 142 cm³/mol. The highest BCUT2D eigenvalue weighted by Gasteiger charge is 2.42. The van der Waals surface area contributed by atoms with Crippen LogP contribution in [0.4, 0.5) is 9.18 Å². The molecule has 2 aromatic carbocycles. The number of aromatic hydroxyl groups is 2. The number of imide groups is 1. The van der Waals surface area contributed by atoms with E-state index in [-0.39, 0.29) is 30.6 Å². The number of nitrogens with zero attached hydrogens (tertiary/aromatic N) is 2. The summed E-state index contributed by atoms with van der Waals surface area (Å²) < 4.78 is 19.3. The smallest absolute Gasteiger partial charge is 0.534 e. The van der Waals surface area contributed by atoms with Crippen LogP contribution in [-0.4, -0.2) is 92.6 Å². The number of carboxylic acids is 1. The van der Waals surface area contributed by atoms with Crippen molar-refractivity contribution in [3.63, 3.8) is 0 Å². The number of rotatable bonds is 7. The number of benzene rings is 2. The number of aromatic carboxylic acids is 1. The van der Waals surface area contributed by atoms with Crippen LogP contribution in [0, 0.1) is 5.82 Å². The Morgan fingerprint density at radius 3 is 2.55 bits per heavy atom. The molecule has 2 aliphatic rings. The number of phenols is 2. The molecule has 0 saturated carbocycles. The van der Waals surface area contributed by atoms with Gasteiger partial charge in [-0.15, -0.1) is 0 Å². The van der Waals surface area contributed by atoms with E-state index in [0.717, 1.165) is 18.2 Å². The number of fused-ring (bicyclic) bond motifs is 1. The fraction of sp³-hybridized carbons (Fsp3) is 0.320. The number of amides is 5. The maximum absolute atomic E-state index is 14.1. The molecule has 2 aliphatic heterocycles. The lowest BCUT2D eigenvalue weighted by atomic mass is 9.72. The molecule has 0 radical (unpaired) electrons. The van der Waals surface area contributed by atoms with Crippen LogP contribution in [0.25, 0.3) is 0 Å². The molecular formula is C25H25BClFN4O10. The minimum atomic E-state index is -1.85. The van der Waals surface area contributed by atoms with Gasteiger partial charge in [0.2, 0.25) is 5.91 Å². The van der Waals surface area contributed by atoms with E-state index >= 15 is 0 Å². The number of nitrogens with one attached hydrogen (secondary N) is 2. The Hall–Kier alpha value is -4.57. The van der Waals surface area contributed by atoms with Gasteiger partial charge in [0.1, 0.15) is 23.2 Å². The van der Waals surface area contributed by atoms with Crippen molar-refractivity contribution in [2.75, 3.05) is 19.6 Å². The molecule has 2 heterocycles. The summed E-state index contributed by atoms with van der Waals surface area (Å²) in [7, 11) is -1.85. The van der Waals surface area contributed by atoms with E-state index in [1.54, 1.807) is 0 Å². The Labute approximate surface area is 242 Å². The topological polar surface area (TPSA) is 206 Å². The van der Waals surface area contributed by atoms with Crippen LogP contribution in [0.5, 0.6) is 17.2 Å². The van der Waals surface area contributed by atoms with E-state index in [1.165, 1.54) is 11.0 Å². The molecule has 0 aliphatic carbocycles. The number of halogens is 2. The molecular weight excluding hydrogens is 582 g/mol. The molecule has 1 saturated heterocycles. The van der Waals surface area contributed by atoms with Crippen LogP contribution in [-0.2, 0) is 20.8 Å². The van der Waals surface area contributed by atoms with Crippen LogP contribution < -0.4 is 15.3 Å². The largest absolute Gasteiger partial charge is 0.547 e. The van der Waals surface area contributed by atoms with Gasteiger partial charge in [0.25, 0.3) is 0 Å².